The van der Waals surface area contributed by atoms with Gasteiger partial charge in [-0.3, -0.25) is 0 Å². The highest BCUT2D eigenvalue weighted by Gasteiger charge is 2.18. The number of aromatic nitrogens is 2. The van der Waals surface area contributed by atoms with Crippen molar-refractivity contribution in [1.82, 2.24) is 14.9 Å². The minimum absolute atomic E-state index is 0.183. The smallest absolute Gasteiger partial charge is 0.240 e. The van der Waals surface area contributed by atoms with Crippen LogP contribution in [0.15, 0.2) is 33.9 Å². The molecule has 1 heterocycles. The van der Waals surface area contributed by atoms with E-state index in [0.717, 1.165) is 5.56 Å². The summed E-state index contributed by atoms with van der Waals surface area (Å²) >= 11 is 0. The number of rotatable bonds is 6. The Bertz CT molecular complexity index is 668. The molecule has 0 fully saturated rings. The number of hydrogen-bond donors (Lipinski definition) is 2. The molecular formula is C12H16N4O3S. The summed E-state index contributed by atoms with van der Waals surface area (Å²) in [5.41, 5.74) is 6.80. The number of nitrogens with zero attached hydrogens (tertiary/aromatic N) is 2. The molecule has 7 nitrogen and oxygen atoms in total. The highest BCUT2D eigenvalue weighted by Crippen LogP contribution is 2.19. The monoisotopic (exact) mass is 296 g/mol. The van der Waals surface area contributed by atoms with Crippen LogP contribution < -0.4 is 10.5 Å². The second-order valence-electron chi connectivity index (χ2n) is 4.20. The molecule has 20 heavy (non-hydrogen) atoms. The van der Waals surface area contributed by atoms with Crippen molar-refractivity contribution in [3.63, 3.8) is 0 Å². The normalized spacial score (nSPS) is 11.7. The molecule has 0 unspecified atom stereocenters. The zero-order chi connectivity index (χ0) is 14.6. The van der Waals surface area contributed by atoms with Gasteiger partial charge in [-0.15, -0.1) is 0 Å². The first-order valence-electron chi connectivity index (χ1n) is 6.16. The summed E-state index contributed by atoms with van der Waals surface area (Å²) in [5, 5.41) is 3.45. The van der Waals surface area contributed by atoms with Gasteiger partial charge >= 0.3 is 0 Å². The first-order valence-corrected chi connectivity index (χ1v) is 7.65. The Labute approximate surface area is 117 Å². The van der Waals surface area contributed by atoms with Crippen molar-refractivity contribution in [3.05, 3.63) is 36.0 Å². The van der Waals surface area contributed by atoms with Crippen LogP contribution >= 0.6 is 0 Å². The fourth-order valence-corrected chi connectivity index (χ4v) is 3.16. The Kier molecular flexibility index (Phi) is 4.35. The molecule has 0 aliphatic carbocycles. The Morgan fingerprint density at radius 1 is 1.40 bits per heavy atom. The molecule has 2 rings (SSSR count). The van der Waals surface area contributed by atoms with Gasteiger partial charge in [0.05, 0.1) is 4.90 Å². The summed E-state index contributed by atoms with van der Waals surface area (Å²) in [4.78, 5) is 4.04. The zero-order valence-electron chi connectivity index (χ0n) is 11.0. The van der Waals surface area contributed by atoms with Crippen LogP contribution in [0, 0.1) is 0 Å². The van der Waals surface area contributed by atoms with Gasteiger partial charge < -0.3 is 10.3 Å². The lowest BCUT2D eigenvalue weighted by Crippen LogP contribution is -2.27. The quantitative estimate of drug-likeness (QED) is 0.760. The average Bonchev–Trinajstić information content (AvgIpc) is 2.91. The Morgan fingerprint density at radius 2 is 2.20 bits per heavy atom. The number of nitrogens with two attached hydrogens (primary N) is 1. The predicted octanol–water partition coefficient (Wildman–Crippen LogP) is 0.735. The molecular weight excluding hydrogens is 280 g/mol. The standard InChI is InChI=1S/C12H16N4O3S/c1-2-9-3-4-10(13)7-11(9)20(17,18)16-6-5-12-14-8-15-19-12/h3-4,7-8,16H,2,5-6,13H2,1H3. The third-order valence-corrected chi connectivity index (χ3v) is 4.34. The second kappa shape index (κ2) is 6.02. The Morgan fingerprint density at radius 3 is 2.85 bits per heavy atom. The average molecular weight is 296 g/mol. The minimum atomic E-state index is -3.60. The number of anilines is 1. The van der Waals surface area contributed by atoms with Gasteiger partial charge in [0.1, 0.15) is 0 Å². The highest BCUT2D eigenvalue weighted by molar-refractivity contribution is 7.89. The van der Waals surface area contributed by atoms with E-state index in [1.54, 1.807) is 12.1 Å². The van der Waals surface area contributed by atoms with Crippen LogP contribution in [0.5, 0.6) is 0 Å². The molecule has 0 amide bonds. The summed E-state index contributed by atoms with van der Waals surface area (Å²) in [6.45, 7) is 2.07. The summed E-state index contributed by atoms with van der Waals surface area (Å²) in [6.07, 6.45) is 2.22. The second-order valence-corrected chi connectivity index (χ2v) is 5.94. The predicted molar refractivity (Wildman–Crippen MR) is 73.4 cm³/mol. The lowest BCUT2D eigenvalue weighted by atomic mass is 10.1. The van der Waals surface area contributed by atoms with Crippen LogP contribution in [0.4, 0.5) is 5.69 Å². The number of hydrogen-bond acceptors (Lipinski definition) is 6. The van der Waals surface area contributed by atoms with Crippen molar-refractivity contribution in [2.75, 3.05) is 12.3 Å². The molecule has 3 N–H and O–H groups in total. The van der Waals surface area contributed by atoms with Crippen molar-refractivity contribution in [2.24, 2.45) is 0 Å². The largest absolute Gasteiger partial charge is 0.399 e. The lowest BCUT2D eigenvalue weighted by molar-refractivity contribution is 0.377. The van der Waals surface area contributed by atoms with Gasteiger partial charge in [-0.05, 0) is 24.1 Å². The molecule has 0 aliphatic heterocycles. The van der Waals surface area contributed by atoms with Crippen LogP contribution in [0.25, 0.3) is 0 Å². The minimum Gasteiger partial charge on any atom is -0.399 e. The van der Waals surface area contributed by atoms with Gasteiger partial charge in [0.15, 0.2) is 6.33 Å². The molecule has 0 atom stereocenters. The zero-order valence-corrected chi connectivity index (χ0v) is 11.9. The molecule has 2 aromatic rings. The highest BCUT2D eigenvalue weighted by atomic mass is 32.2. The van der Waals surface area contributed by atoms with Crippen molar-refractivity contribution in [2.45, 2.75) is 24.7 Å². The molecule has 0 spiro atoms. The van der Waals surface area contributed by atoms with Crippen LogP contribution in [0.1, 0.15) is 18.4 Å². The van der Waals surface area contributed by atoms with Crippen LogP contribution in [0.3, 0.4) is 0 Å². The number of aryl methyl sites for hydroxylation is 1. The number of nitrogen functional groups attached to an aromatic ring is 1. The third kappa shape index (κ3) is 3.34. The first kappa shape index (κ1) is 14.5. The number of sulfonamides is 1. The molecule has 0 bridgehead atoms. The molecule has 0 saturated carbocycles. The van der Waals surface area contributed by atoms with Gasteiger partial charge in [-0.2, -0.15) is 4.98 Å². The fraction of sp³-hybridized carbons (Fsp3) is 0.333. The van der Waals surface area contributed by atoms with Crippen molar-refractivity contribution in [1.29, 1.82) is 0 Å². The van der Waals surface area contributed by atoms with E-state index in [2.05, 4.69) is 14.9 Å². The van der Waals surface area contributed by atoms with E-state index in [4.69, 9.17) is 10.3 Å². The molecule has 1 aromatic heterocycles. The maximum Gasteiger partial charge on any atom is 0.240 e. The SMILES string of the molecule is CCc1ccc(N)cc1S(=O)(=O)NCCc1ncno1. The van der Waals surface area contributed by atoms with Crippen LogP contribution in [-0.4, -0.2) is 25.1 Å². The maximum atomic E-state index is 12.3. The van der Waals surface area contributed by atoms with Gasteiger partial charge in [0.25, 0.3) is 0 Å². The topological polar surface area (TPSA) is 111 Å². The van der Waals surface area contributed by atoms with E-state index in [1.807, 2.05) is 6.92 Å². The van der Waals surface area contributed by atoms with Crippen LogP contribution in [-0.2, 0) is 22.9 Å². The fourth-order valence-electron chi connectivity index (χ4n) is 1.79. The maximum absolute atomic E-state index is 12.3. The lowest BCUT2D eigenvalue weighted by Gasteiger charge is -2.10. The summed E-state index contributed by atoms with van der Waals surface area (Å²) < 4.78 is 31.8. The summed E-state index contributed by atoms with van der Waals surface area (Å²) in [6, 6.07) is 4.88. The van der Waals surface area contributed by atoms with E-state index in [9.17, 15) is 8.42 Å². The van der Waals surface area contributed by atoms with E-state index in [0.29, 0.717) is 24.4 Å². The Hall–Kier alpha value is -1.93. The molecule has 0 aliphatic rings. The molecule has 108 valence electrons. The molecule has 0 saturated heterocycles. The van der Waals surface area contributed by atoms with Gasteiger partial charge in [0, 0.05) is 18.7 Å². The summed E-state index contributed by atoms with van der Waals surface area (Å²) in [5.74, 6) is 0.385. The molecule has 0 radical (unpaired) electrons. The van der Waals surface area contributed by atoms with Gasteiger partial charge in [-0.25, -0.2) is 13.1 Å². The van der Waals surface area contributed by atoms with E-state index in [1.165, 1.54) is 12.4 Å². The molecule has 8 heteroatoms. The first-order chi connectivity index (χ1) is 9.53. The van der Waals surface area contributed by atoms with Gasteiger partial charge in [0.2, 0.25) is 15.9 Å². The number of nitrogens with one attached hydrogen (secondary N) is 1. The van der Waals surface area contributed by atoms with E-state index < -0.39 is 10.0 Å². The Balaban J connectivity index is 2.11. The van der Waals surface area contributed by atoms with E-state index in [-0.39, 0.29) is 11.4 Å². The van der Waals surface area contributed by atoms with Crippen molar-refractivity contribution >= 4 is 15.7 Å². The van der Waals surface area contributed by atoms with Crippen molar-refractivity contribution in [3.8, 4) is 0 Å². The van der Waals surface area contributed by atoms with Gasteiger partial charge in [-0.1, -0.05) is 18.1 Å². The molecule has 1 aromatic carbocycles. The van der Waals surface area contributed by atoms with E-state index >= 15 is 0 Å². The summed E-state index contributed by atoms with van der Waals surface area (Å²) in [7, 11) is -3.60. The third-order valence-electron chi connectivity index (χ3n) is 2.80. The number of benzene rings is 1. The van der Waals surface area contributed by atoms with Crippen LogP contribution in [0.2, 0.25) is 0 Å². The van der Waals surface area contributed by atoms with Crippen molar-refractivity contribution < 1.29 is 12.9 Å².